The van der Waals surface area contributed by atoms with Crippen molar-refractivity contribution in [3.05, 3.63) is 53.2 Å². The van der Waals surface area contributed by atoms with Crippen LogP contribution in [0.5, 0.6) is 0 Å². The van der Waals surface area contributed by atoms with Gasteiger partial charge in [0.05, 0.1) is 11.3 Å². The van der Waals surface area contributed by atoms with E-state index < -0.39 is 0 Å². The molecule has 0 aliphatic rings. The Hall–Kier alpha value is -2.14. The van der Waals surface area contributed by atoms with Crippen LogP contribution in [0.4, 0.5) is 0 Å². The Morgan fingerprint density at radius 2 is 1.81 bits per heavy atom. The summed E-state index contributed by atoms with van der Waals surface area (Å²) in [6.07, 6.45) is 1.61. The summed E-state index contributed by atoms with van der Waals surface area (Å²) in [6.45, 7) is 4.03. The molecule has 0 N–H and O–H groups in total. The summed E-state index contributed by atoms with van der Waals surface area (Å²) in [7, 11) is 0. The Morgan fingerprint density at radius 1 is 1.12 bits per heavy atom. The fourth-order valence-electron chi connectivity index (χ4n) is 1.65. The van der Waals surface area contributed by atoms with Gasteiger partial charge in [-0.05, 0) is 25.5 Å². The lowest BCUT2D eigenvalue weighted by Gasteiger charge is -2.05. The van der Waals surface area contributed by atoms with Gasteiger partial charge >= 0.3 is 0 Å². The molecule has 0 aliphatic heterocycles. The maximum absolute atomic E-state index is 8.77. The second-order valence-corrected chi connectivity index (χ2v) is 3.87. The summed E-state index contributed by atoms with van der Waals surface area (Å²) in [4.78, 5) is 4.33. The van der Waals surface area contributed by atoms with Gasteiger partial charge in [-0.25, -0.2) is 0 Å². The Bertz CT molecular complexity index is 548. The van der Waals surface area contributed by atoms with Crippen LogP contribution in [0.3, 0.4) is 0 Å². The molecule has 2 aromatic rings. The first-order valence-electron chi connectivity index (χ1n) is 5.14. The van der Waals surface area contributed by atoms with Crippen molar-refractivity contribution in [2.45, 2.75) is 13.8 Å². The molecule has 2 rings (SSSR count). The quantitative estimate of drug-likeness (QED) is 0.721. The molecule has 0 bridgehead atoms. The summed E-state index contributed by atoms with van der Waals surface area (Å²) in [5.74, 6) is 0. The molecule has 16 heavy (non-hydrogen) atoms. The van der Waals surface area contributed by atoms with Gasteiger partial charge in [0.2, 0.25) is 0 Å². The largest absolute Gasteiger partial charge is 0.255 e. The van der Waals surface area contributed by atoms with Gasteiger partial charge in [-0.3, -0.25) is 4.98 Å². The maximum atomic E-state index is 8.77. The number of aryl methyl sites for hydroxylation is 2. The number of nitrogens with zero attached hydrogens (tertiary/aromatic N) is 2. The van der Waals surface area contributed by atoms with Crippen LogP contribution in [-0.4, -0.2) is 4.98 Å². The van der Waals surface area contributed by atoms with E-state index in [-0.39, 0.29) is 0 Å². The third kappa shape index (κ3) is 1.94. The molecule has 0 aliphatic carbocycles. The Kier molecular flexibility index (Phi) is 2.70. The van der Waals surface area contributed by atoms with Crippen LogP contribution in [0.15, 0.2) is 36.5 Å². The average molecular weight is 208 g/mol. The minimum Gasteiger partial charge on any atom is -0.255 e. The summed E-state index contributed by atoms with van der Waals surface area (Å²) in [5.41, 5.74) is 4.90. The molecule has 78 valence electrons. The van der Waals surface area contributed by atoms with Crippen LogP contribution in [0.25, 0.3) is 11.3 Å². The van der Waals surface area contributed by atoms with E-state index >= 15 is 0 Å². The van der Waals surface area contributed by atoms with Gasteiger partial charge in [0.25, 0.3) is 0 Å². The minimum absolute atomic E-state index is 0.605. The van der Waals surface area contributed by atoms with Gasteiger partial charge < -0.3 is 0 Å². The van der Waals surface area contributed by atoms with E-state index in [1.165, 1.54) is 5.56 Å². The number of rotatable bonds is 1. The standard InChI is InChI=1S/C14H12N2/c1-10-3-5-13(6-4-10)14-11(2)7-12(8-15)9-16-14/h3-7,9H,1-2H3. The van der Waals surface area contributed by atoms with Crippen molar-refractivity contribution in [3.8, 4) is 17.3 Å². The smallest absolute Gasteiger partial charge is 0.101 e. The summed E-state index contributed by atoms with van der Waals surface area (Å²) in [6, 6.07) is 12.2. The molecule has 0 unspecified atom stereocenters. The molecule has 1 heterocycles. The van der Waals surface area contributed by atoms with E-state index in [0.717, 1.165) is 16.8 Å². The third-order valence-corrected chi connectivity index (χ3v) is 2.53. The van der Waals surface area contributed by atoms with E-state index in [2.05, 4.69) is 42.2 Å². The molecule has 1 aromatic heterocycles. The van der Waals surface area contributed by atoms with Gasteiger partial charge in [-0.1, -0.05) is 29.8 Å². The monoisotopic (exact) mass is 208 g/mol. The first-order chi connectivity index (χ1) is 7.70. The van der Waals surface area contributed by atoms with Crippen molar-refractivity contribution in [3.63, 3.8) is 0 Å². The zero-order valence-corrected chi connectivity index (χ0v) is 9.36. The van der Waals surface area contributed by atoms with Crippen molar-refractivity contribution in [2.75, 3.05) is 0 Å². The van der Waals surface area contributed by atoms with Crippen molar-refractivity contribution < 1.29 is 0 Å². The van der Waals surface area contributed by atoms with E-state index in [1.54, 1.807) is 6.20 Å². The number of pyridine rings is 1. The second-order valence-electron chi connectivity index (χ2n) is 3.87. The average Bonchev–Trinajstić information content (AvgIpc) is 2.30. The van der Waals surface area contributed by atoms with Gasteiger partial charge in [-0.15, -0.1) is 0 Å². The lowest BCUT2D eigenvalue weighted by atomic mass is 10.0. The van der Waals surface area contributed by atoms with Gasteiger partial charge in [0.1, 0.15) is 6.07 Å². The molecule has 0 atom stereocenters. The Morgan fingerprint density at radius 3 is 2.38 bits per heavy atom. The highest BCUT2D eigenvalue weighted by Gasteiger charge is 2.04. The number of nitriles is 1. The molecule has 0 saturated carbocycles. The normalized spacial score (nSPS) is 9.81. The lowest BCUT2D eigenvalue weighted by Crippen LogP contribution is -1.90. The van der Waals surface area contributed by atoms with Crippen LogP contribution < -0.4 is 0 Å². The minimum atomic E-state index is 0.605. The highest BCUT2D eigenvalue weighted by molar-refractivity contribution is 5.63. The fourth-order valence-corrected chi connectivity index (χ4v) is 1.65. The van der Waals surface area contributed by atoms with Crippen molar-refractivity contribution in [1.82, 2.24) is 4.98 Å². The Balaban J connectivity index is 2.49. The number of aromatic nitrogens is 1. The number of benzene rings is 1. The summed E-state index contributed by atoms with van der Waals surface area (Å²) in [5, 5.41) is 8.77. The summed E-state index contributed by atoms with van der Waals surface area (Å²) >= 11 is 0. The zero-order chi connectivity index (χ0) is 11.5. The zero-order valence-electron chi connectivity index (χ0n) is 9.36. The van der Waals surface area contributed by atoms with E-state index in [9.17, 15) is 0 Å². The first-order valence-corrected chi connectivity index (χ1v) is 5.14. The molecular formula is C14H12N2. The van der Waals surface area contributed by atoms with E-state index in [1.807, 2.05) is 13.0 Å². The van der Waals surface area contributed by atoms with Crippen molar-refractivity contribution in [2.24, 2.45) is 0 Å². The van der Waals surface area contributed by atoms with E-state index in [0.29, 0.717) is 5.56 Å². The fraction of sp³-hybridized carbons (Fsp3) is 0.143. The number of hydrogen-bond donors (Lipinski definition) is 0. The maximum Gasteiger partial charge on any atom is 0.101 e. The van der Waals surface area contributed by atoms with Crippen LogP contribution in [0.1, 0.15) is 16.7 Å². The van der Waals surface area contributed by atoms with Crippen LogP contribution in [0, 0.1) is 25.2 Å². The molecular weight excluding hydrogens is 196 g/mol. The predicted molar refractivity (Wildman–Crippen MR) is 63.9 cm³/mol. The molecule has 1 aromatic carbocycles. The van der Waals surface area contributed by atoms with Gasteiger partial charge in [0.15, 0.2) is 0 Å². The predicted octanol–water partition coefficient (Wildman–Crippen LogP) is 3.24. The molecule has 0 fully saturated rings. The SMILES string of the molecule is Cc1ccc(-c2ncc(C#N)cc2C)cc1. The molecule has 0 radical (unpaired) electrons. The van der Waals surface area contributed by atoms with E-state index in [4.69, 9.17) is 5.26 Å². The topological polar surface area (TPSA) is 36.7 Å². The second kappa shape index (κ2) is 4.16. The van der Waals surface area contributed by atoms with Crippen LogP contribution >= 0.6 is 0 Å². The third-order valence-electron chi connectivity index (χ3n) is 2.53. The van der Waals surface area contributed by atoms with Crippen LogP contribution in [0.2, 0.25) is 0 Å². The van der Waals surface area contributed by atoms with Crippen molar-refractivity contribution in [1.29, 1.82) is 5.26 Å². The summed E-state index contributed by atoms with van der Waals surface area (Å²) < 4.78 is 0. The highest BCUT2D eigenvalue weighted by Crippen LogP contribution is 2.21. The first kappa shape index (κ1) is 10.4. The molecule has 2 heteroatoms. The molecule has 0 saturated heterocycles. The number of hydrogen-bond acceptors (Lipinski definition) is 2. The highest BCUT2D eigenvalue weighted by atomic mass is 14.7. The van der Waals surface area contributed by atoms with Crippen molar-refractivity contribution >= 4 is 0 Å². The Labute approximate surface area is 95.2 Å². The van der Waals surface area contributed by atoms with Gasteiger partial charge in [0, 0.05) is 11.8 Å². The molecule has 2 nitrogen and oxygen atoms in total. The van der Waals surface area contributed by atoms with Crippen LogP contribution in [-0.2, 0) is 0 Å². The lowest BCUT2D eigenvalue weighted by molar-refractivity contribution is 1.25. The molecule has 0 amide bonds. The van der Waals surface area contributed by atoms with Gasteiger partial charge in [-0.2, -0.15) is 5.26 Å². The molecule has 0 spiro atoms.